The number of hydrogen-bond acceptors (Lipinski definition) is 4. The van der Waals surface area contributed by atoms with Gasteiger partial charge in [-0.3, -0.25) is 4.90 Å². The van der Waals surface area contributed by atoms with Crippen LogP contribution in [0.2, 0.25) is 0 Å². The van der Waals surface area contributed by atoms with Gasteiger partial charge in [0.2, 0.25) is 6.79 Å². The molecule has 2 aromatic carbocycles. The molecule has 2 heterocycles. The van der Waals surface area contributed by atoms with Crippen molar-refractivity contribution in [1.82, 2.24) is 14.5 Å². The summed E-state index contributed by atoms with van der Waals surface area (Å²) >= 11 is 0. The summed E-state index contributed by atoms with van der Waals surface area (Å²) in [4.78, 5) is 6.48. The maximum Gasteiger partial charge on any atom is 0.231 e. The maximum absolute atomic E-state index is 13.3. The molecular formula is C22H24FN3O2. The molecule has 28 heavy (non-hydrogen) atoms. The fraction of sp³-hybridized carbons (Fsp3) is 0.318. The zero-order valence-electron chi connectivity index (χ0n) is 16.0. The highest BCUT2D eigenvalue weighted by molar-refractivity contribution is 5.48. The Morgan fingerprint density at radius 2 is 1.89 bits per heavy atom. The van der Waals surface area contributed by atoms with Crippen LogP contribution in [-0.2, 0) is 19.6 Å². The Bertz CT molecular complexity index is 910. The number of rotatable bonds is 8. The van der Waals surface area contributed by atoms with Crippen molar-refractivity contribution in [3.63, 3.8) is 0 Å². The first-order valence-corrected chi connectivity index (χ1v) is 9.49. The van der Waals surface area contributed by atoms with Gasteiger partial charge in [0.1, 0.15) is 5.82 Å². The molecule has 0 fully saturated rings. The SMILES string of the molecule is Cc1cc2c(cc1CN(CCCn1ccnc1)Cc1ccc(F)cc1)OCO2. The summed E-state index contributed by atoms with van der Waals surface area (Å²) in [5.41, 5.74) is 3.50. The molecule has 1 aliphatic heterocycles. The van der Waals surface area contributed by atoms with Crippen molar-refractivity contribution in [3.05, 3.63) is 77.6 Å². The largest absolute Gasteiger partial charge is 0.454 e. The Labute approximate surface area is 164 Å². The molecule has 146 valence electrons. The second-order valence-corrected chi connectivity index (χ2v) is 7.12. The molecule has 6 heteroatoms. The summed E-state index contributed by atoms with van der Waals surface area (Å²) in [5, 5.41) is 0. The molecule has 1 aliphatic rings. The number of benzene rings is 2. The Morgan fingerprint density at radius 1 is 1.11 bits per heavy atom. The number of aryl methyl sites for hydroxylation is 2. The number of fused-ring (bicyclic) bond motifs is 1. The van der Waals surface area contributed by atoms with E-state index in [0.717, 1.165) is 49.7 Å². The Hall–Kier alpha value is -2.86. The second-order valence-electron chi connectivity index (χ2n) is 7.12. The zero-order valence-corrected chi connectivity index (χ0v) is 16.0. The van der Waals surface area contributed by atoms with Gasteiger partial charge in [0.05, 0.1) is 6.33 Å². The minimum Gasteiger partial charge on any atom is -0.454 e. The summed E-state index contributed by atoms with van der Waals surface area (Å²) in [5.74, 6) is 1.41. The minimum atomic E-state index is -0.206. The molecule has 0 aliphatic carbocycles. The van der Waals surface area contributed by atoms with Crippen LogP contribution in [0.4, 0.5) is 4.39 Å². The quantitative estimate of drug-likeness (QED) is 0.588. The van der Waals surface area contributed by atoms with Crippen molar-refractivity contribution in [2.75, 3.05) is 13.3 Å². The maximum atomic E-state index is 13.3. The van der Waals surface area contributed by atoms with Crippen molar-refractivity contribution < 1.29 is 13.9 Å². The Morgan fingerprint density at radius 3 is 2.64 bits per heavy atom. The molecule has 0 spiro atoms. The van der Waals surface area contributed by atoms with Gasteiger partial charge in [-0.2, -0.15) is 0 Å². The van der Waals surface area contributed by atoms with E-state index in [2.05, 4.69) is 27.4 Å². The highest BCUT2D eigenvalue weighted by Crippen LogP contribution is 2.35. The lowest BCUT2D eigenvalue weighted by molar-refractivity contribution is 0.174. The molecule has 0 N–H and O–H groups in total. The van der Waals surface area contributed by atoms with Gasteiger partial charge in [-0.05, 0) is 54.3 Å². The standard InChI is InChI=1S/C22H24FN3O2/c1-17-11-21-22(28-16-27-21)12-19(17)14-26(9-2-8-25-10-7-24-15-25)13-18-3-5-20(23)6-4-18/h3-7,10-12,15H,2,8-9,13-14,16H2,1H3. The van der Waals surface area contributed by atoms with Crippen LogP contribution in [0.25, 0.3) is 0 Å². The van der Waals surface area contributed by atoms with Crippen LogP contribution >= 0.6 is 0 Å². The van der Waals surface area contributed by atoms with Crippen molar-refractivity contribution in [2.24, 2.45) is 0 Å². The molecule has 1 aromatic heterocycles. The van der Waals surface area contributed by atoms with E-state index in [4.69, 9.17) is 9.47 Å². The summed E-state index contributed by atoms with van der Waals surface area (Å²) in [6.45, 7) is 5.77. The number of halogens is 1. The van der Waals surface area contributed by atoms with E-state index in [-0.39, 0.29) is 12.6 Å². The zero-order chi connectivity index (χ0) is 19.3. The molecule has 0 radical (unpaired) electrons. The van der Waals surface area contributed by atoms with Gasteiger partial charge < -0.3 is 14.0 Å². The predicted molar refractivity (Wildman–Crippen MR) is 105 cm³/mol. The lowest BCUT2D eigenvalue weighted by Gasteiger charge is -2.24. The van der Waals surface area contributed by atoms with Gasteiger partial charge in [-0.1, -0.05) is 12.1 Å². The average molecular weight is 381 g/mol. The van der Waals surface area contributed by atoms with Crippen LogP contribution in [-0.4, -0.2) is 27.8 Å². The first kappa shape index (κ1) is 18.5. The lowest BCUT2D eigenvalue weighted by Crippen LogP contribution is -2.25. The predicted octanol–water partition coefficient (Wildman–Crippen LogP) is 4.15. The third-order valence-corrected chi connectivity index (χ3v) is 4.99. The topological polar surface area (TPSA) is 39.5 Å². The normalized spacial score (nSPS) is 12.7. The van der Waals surface area contributed by atoms with Gasteiger partial charge in [-0.15, -0.1) is 0 Å². The van der Waals surface area contributed by atoms with E-state index in [1.54, 1.807) is 6.20 Å². The molecule has 4 rings (SSSR count). The first-order valence-electron chi connectivity index (χ1n) is 9.49. The molecular weight excluding hydrogens is 357 g/mol. The molecule has 0 bridgehead atoms. The van der Waals surface area contributed by atoms with E-state index in [9.17, 15) is 4.39 Å². The van der Waals surface area contributed by atoms with Gasteiger partial charge in [0, 0.05) is 38.6 Å². The molecule has 0 amide bonds. The lowest BCUT2D eigenvalue weighted by atomic mass is 10.1. The van der Waals surface area contributed by atoms with Crippen LogP contribution < -0.4 is 9.47 Å². The number of nitrogens with zero attached hydrogens (tertiary/aromatic N) is 3. The second kappa shape index (κ2) is 8.44. The van der Waals surface area contributed by atoms with Gasteiger partial charge in [-0.25, -0.2) is 9.37 Å². The van der Waals surface area contributed by atoms with Gasteiger partial charge >= 0.3 is 0 Å². The number of hydrogen-bond donors (Lipinski definition) is 0. The monoisotopic (exact) mass is 381 g/mol. The third-order valence-electron chi connectivity index (χ3n) is 4.99. The smallest absolute Gasteiger partial charge is 0.231 e. The van der Waals surface area contributed by atoms with Gasteiger partial charge in [0.25, 0.3) is 0 Å². The van der Waals surface area contributed by atoms with Crippen LogP contribution in [0, 0.1) is 12.7 Å². The highest BCUT2D eigenvalue weighted by atomic mass is 19.1. The summed E-state index contributed by atoms with van der Waals surface area (Å²) < 4.78 is 26.4. The Kier molecular flexibility index (Phi) is 5.58. The Balaban J connectivity index is 1.47. The van der Waals surface area contributed by atoms with E-state index in [1.807, 2.05) is 30.7 Å². The van der Waals surface area contributed by atoms with Crippen molar-refractivity contribution in [1.29, 1.82) is 0 Å². The van der Waals surface area contributed by atoms with Crippen molar-refractivity contribution >= 4 is 0 Å². The molecule has 3 aromatic rings. The molecule has 5 nitrogen and oxygen atoms in total. The highest BCUT2D eigenvalue weighted by Gasteiger charge is 2.17. The fourth-order valence-electron chi connectivity index (χ4n) is 3.45. The number of imidazole rings is 1. The number of aromatic nitrogens is 2. The van der Waals surface area contributed by atoms with E-state index >= 15 is 0 Å². The third kappa shape index (κ3) is 4.51. The first-order chi connectivity index (χ1) is 13.7. The summed E-state index contributed by atoms with van der Waals surface area (Å²) in [6, 6.07) is 10.9. The summed E-state index contributed by atoms with van der Waals surface area (Å²) in [7, 11) is 0. The van der Waals surface area contributed by atoms with E-state index < -0.39 is 0 Å². The molecule has 0 unspecified atom stereocenters. The van der Waals surface area contributed by atoms with Crippen LogP contribution in [0.1, 0.15) is 23.1 Å². The van der Waals surface area contributed by atoms with Gasteiger partial charge in [0.15, 0.2) is 11.5 Å². The van der Waals surface area contributed by atoms with Crippen LogP contribution in [0.15, 0.2) is 55.1 Å². The van der Waals surface area contributed by atoms with E-state index in [1.165, 1.54) is 23.3 Å². The van der Waals surface area contributed by atoms with Crippen molar-refractivity contribution in [2.45, 2.75) is 33.0 Å². The summed E-state index contributed by atoms with van der Waals surface area (Å²) in [6.07, 6.45) is 6.62. The average Bonchev–Trinajstić information content (AvgIpc) is 3.35. The van der Waals surface area contributed by atoms with Crippen molar-refractivity contribution in [3.8, 4) is 11.5 Å². The number of ether oxygens (including phenoxy) is 2. The van der Waals surface area contributed by atoms with E-state index in [0.29, 0.717) is 0 Å². The molecule has 0 saturated carbocycles. The van der Waals surface area contributed by atoms with Crippen LogP contribution in [0.5, 0.6) is 11.5 Å². The molecule has 0 saturated heterocycles. The molecule has 0 atom stereocenters. The minimum absolute atomic E-state index is 0.206. The fourth-order valence-corrected chi connectivity index (χ4v) is 3.45. The van der Waals surface area contributed by atoms with Crippen LogP contribution in [0.3, 0.4) is 0 Å².